The maximum atomic E-state index is 5.48. The van der Waals surface area contributed by atoms with Gasteiger partial charge in [-0.05, 0) is 0 Å². The van der Waals surface area contributed by atoms with Crippen LogP contribution in [0.25, 0.3) is 0 Å². The van der Waals surface area contributed by atoms with Crippen molar-refractivity contribution in [1.29, 1.82) is 0 Å². The van der Waals surface area contributed by atoms with Crippen LogP contribution in [0.15, 0.2) is 12.2 Å². The first-order valence-corrected chi connectivity index (χ1v) is 2.66. The average Bonchev–Trinajstić information content (AvgIpc) is 1.94. The molecule has 0 fully saturated rings. The summed E-state index contributed by atoms with van der Waals surface area (Å²) in [6, 6.07) is 0.0602. The van der Waals surface area contributed by atoms with Crippen molar-refractivity contribution in [2.75, 3.05) is 13.2 Å². The Kier molecular flexibility index (Phi) is 4.71. The monoisotopic (exact) mass is 150 g/mol. The van der Waals surface area contributed by atoms with Crippen molar-refractivity contribution >= 4 is 12.4 Å². The molecule has 0 aromatic carbocycles. The highest BCUT2D eigenvalue weighted by atomic mass is 35.5. The molecule has 1 aliphatic rings. The molecular formula is C5H11ClN2O. The molecule has 0 aromatic heterocycles. The summed E-state index contributed by atoms with van der Waals surface area (Å²) in [5, 5.41) is 0. The zero-order valence-electron chi connectivity index (χ0n) is 5.04. The highest BCUT2D eigenvalue weighted by Crippen LogP contribution is 1.86. The number of nitrogens with two attached hydrogens (primary N) is 1. The molecule has 54 valence electrons. The second-order valence-electron chi connectivity index (χ2n) is 1.75. The van der Waals surface area contributed by atoms with E-state index in [1.165, 1.54) is 0 Å². The Morgan fingerprint density at radius 3 is 3.22 bits per heavy atom. The third-order valence-electron chi connectivity index (χ3n) is 0.962. The van der Waals surface area contributed by atoms with Gasteiger partial charge in [-0.1, -0.05) is 12.2 Å². The van der Waals surface area contributed by atoms with E-state index in [2.05, 4.69) is 5.48 Å². The third-order valence-corrected chi connectivity index (χ3v) is 0.962. The lowest BCUT2D eigenvalue weighted by Crippen LogP contribution is -2.25. The molecule has 1 heterocycles. The number of hydrogen-bond acceptors (Lipinski definition) is 3. The third kappa shape index (κ3) is 3.48. The Balaban J connectivity index is 0.000000640. The zero-order valence-corrected chi connectivity index (χ0v) is 5.86. The van der Waals surface area contributed by atoms with E-state index in [0.29, 0.717) is 6.61 Å². The molecule has 4 heteroatoms. The minimum Gasteiger partial charge on any atom is -0.322 e. The van der Waals surface area contributed by atoms with Crippen LogP contribution < -0.4 is 11.2 Å². The predicted molar refractivity (Wildman–Crippen MR) is 38.3 cm³/mol. The lowest BCUT2D eigenvalue weighted by atomic mass is 10.3. The van der Waals surface area contributed by atoms with E-state index in [9.17, 15) is 0 Å². The van der Waals surface area contributed by atoms with Gasteiger partial charge in [0.05, 0.1) is 6.61 Å². The summed E-state index contributed by atoms with van der Waals surface area (Å²) < 4.78 is 0. The lowest BCUT2D eigenvalue weighted by molar-refractivity contribution is 0.0495. The van der Waals surface area contributed by atoms with E-state index < -0.39 is 0 Å². The molecule has 9 heavy (non-hydrogen) atoms. The zero-order chi connectivity index (χ0) is 5.82. The maximum absolute atomic E-state index is 5.48. The van der Waals surface area contributed by atoms with Crippen LogP contribution in [0.1, 0.15) is 0 Å². The summed E-state index contributed by atoms with van der Waals surface area (Å²) in [7, 11) is 0. The van der Waals surface area contributed by atoms with E-state index in [0.717, 1.165) is 6.54 Å². The van der Waals surface area contributed by atoms with Gasteiger partial charge in [-0.25, -0.2) is 0 Å². The molecule has 0 bridgehead atoms. The van der Waals surface area contributed by atoms with Crippen molar-refractivity contribution in [2.45, 2.75) is 6.04 Å². The SMILES string of the molecule is Cl.NC1C=CCNOC1. The van der Waals surface area contributed by atoms with Crippen LogP contribution in [0, 0.1) is 0 Å². The number of hydroxylamine groups is 1. The van der Waals surface area contributed by atoms with Crippen LogP contribution in [-0.2, 0) is 4.84 Å². The topological polar surface area (TPSA) is 47.3 Å². The Labute approximate surface area is 60.6 Å². The predicted octanol–water partition coefficient (Wildman–Crippen LogP) is -0.174. The highest BCUT2D eigenvalue weighted by molar-refractivity contribution is 5.85. The van der Waals surface area contributed by atoms with Gasteiger partial charge in [-0.3, -0.25) is 4.84 Å². The van der Waals surface area contributed by atoms with E-state index in [-0.39, 0.29) is 18.4 Å². The lowest BCUT2D eigenvalue weighted by Gasteiger charge is -2.01. The Morgan fingerprint density at radius 1 is 1.67 bits per heavy atom. The van der Waals surface area contributed by atoms with Gasteiger partial charge in [-0.2, -0.15) is 5.48 Å². The Morgan fingerprint density at radius 2 is 2.44 bits per heavy atom. The first-order chi connectivity index (χ1) is 3.89. The number of hydrogen-bond donors (Lipinski definition) is 2. The quantitative estimate of drug-likeness (QED) is 0.472. The van der Waals surface area contributed by atoms with Gasteiger partial charge in [0.2, 0.25) is 0 Å². The van der Waals surface area contributed by atoms with Crippen molar-refractivity contribution in [2.24, 2.45) is 5.73 Å². The molecule has 0 spiro atoms. The molecule has 1 aliphatic heterocycles. The van der Waals surface area contributed by atoms with Gasteiger partial charge < -0.3 is 5.73 Å². The highest BCUT2D eigenvalue weighted by Gasteiger charge is 1.98. The Hall–Kier alpha value is -0.0900. The Bertz CT molecular complexity index is 97.0. The number of nitrogens with one attached hydrogen (secondary N) is 1. The molecule has 3 nitrogen and oxygen atoms in total. The molecule has 0 saturated carbocycles. The molecule has 1 rings (SSSR count). The van der Waals surface area contributed by atoms with Gasteiger partial charge in [0.25, 0.3) is 0 Å². The van der Waals surface area contributed by atoms with E-state index >= 15 is 0 Å². The fraction of sp³-hybridized carbons (Fsp3) is 0.600. The van der Waals surface area contributed by atoms with Crippen molar-refractivity contribution in [3.8, 4) is 0 Å². The second-order valence-corrected chi connectivity index (χ2v) is 1.75. The van der Waals surface area contributed by atoms with Gasteiger partial charge >= 0.3 is 0 Å². The molecule has 3 N–H and O–H groups in total. The maximum Gasteiger partial charge on any atom is 0.0869 e. The minimum absolute atomic E-state index is 0. The largest absolute Gasteiger partial charge is 0.322 e. The average molecular weight is 151 g/mol. The number of halogens is 1. The van der Waals surface area contributed by atoms with E-state index in [1.54, 1.807) is 0 Å². The molecule has 0 saturated heterocycles. The van der Waals surface area contributed by atoms with Crippen LogP contribution in [0.2, 0.25) is 0 Å². The summed E-state index contributed by atoms with van der Waals surface area (Å²) in [5.74, 6) is 0. The molecule has 1 atom stereocenters. The van der Waals surface area contributed by atoms with Crippen molar-refractivity contribution < 1.29 is 4.84 Å². The summed E-state index contributed by atoms with van der Waals surface area (Å²) in [5.41, 5.74) is 8.19. The van der Waals surface area contributed by atoms with E-state index in [1.807, 2.05) is 12.2 Å². The molecule has 0 amide bonds. The molecule has 1 unspecified atom stereocenters. The fourth-order valence-corrected chi connectivity index (χ4v) is 0.561. The van der Waals surface area contributed by atoms with Crippen LogP contribution in [-0.4, -0.2) is 19.2 Å². The molecule has 0 radical (unpaired) electrons. The molecule has 0 aromatic rings. The van der Waals surface area contributed by atoms with Crippen molar-refractivity contribution in [1.82, 2.24) is 5.48 Å². The minimum atomic E-state index is 0. The summed E-state index contributed by atoms with van der Waals surface area (Å²) in [6.07, 6.45) is 3.89. The first-order valence-electron chi connectivity index (χ1n) is 2.66. The first kappa shape index (κ1) is 8.91. The summed E-state index contributed by atoms with van der Waals surface area (Å²) >= 11 is 0. The molecular weight excluding hydrogens is 140 g/mol. The number of rotatable bonds is 0. The smallest absolute Gasteiger partial charge is 0.0869 e. The van der Waals surface area contributed by atoms with Gasteiger partial charge in [0.15, 0.2) is 0 Å². The normalized spacial score (nSPS) is 26.6. The van der Waals surface area contributed by atoms with Gasteiger partial charge in [0, 0.05) is 12.6 Å². The van der Waals surface area contributed by atoms with Crippen LogP contribution >= 0.6 is 12.4 Å². The molecule has 0 aliphatic carbocycles. The summed E-state index contributed by atoms with van der Waals surface area (Å²) in [6.45, 7) is 1.32. The fourth-order valence-electron chi connectivity index (χ4n) is 0.561. The van der Waals surface area contributed by atoms with E-state index in [4.69, 9.17) is 10.6 Å². The standard InChI is InChI=1S/C5H10N2O.ClH/c6-5-2-1-3-7-8-4-5;/h1-2,5,7H,3-4,6H2;1H. The second kappa shape index (κ2) is 4.76. The van der Waals surface area contributed by atoms with Crippen LogP contribution in [0.3, 0.4) is 0 Å². The van der Waals surface area contributed by atoms with Crippen LogP contribution in [0.4, 0.5) is 0 Å². The summed E-state index contributed by atoms with van der Waals surface area (Å²) in [4.78, 5) is 4.87. The van der Waals surface area contributed by atoms with Gasteiger partial charge in [-0.15, -0.1) is 12.4 Å². The van der Waals surface area contributed by atoms with Gasteiger partial charge in [0.1, 0.15) is 0 Å². The van der Waals surface area contributed by atoms with Crippen LogP contribution in [0.5, 0.6) is 0 Å². The van der Waals surface area contributed by atoms with Crippen molar-refractivity contribution in [3.05, 3.63) is 12.2 Å². The van der Waals surface area contributed by atoms with Crippen molar-refractivity contribution in [3.63, 3.8) is 0 Å².